The lowest BCUT2D eigenvalue weighted by molar-refractivity contribution is -0.248. The van der Waals surface area contributed by atoms with E-state index in [1.165, 1.54) is 28.4 Å². The maximum absolute atomic E-state index is 14.2. The van der Waals surface area contributed by atoms with Crippen molar-refractivity contribution >= 4 is 99.3 Å². The third-order valence-corrected chi connectivity index (χ3v) is 22.8. The molecule has 6 aliphatic rings. The van der Waals surface area contributed by atoms with Crippen LogP contribution in [0.5, 0.6) is 5.75 Å². The summed E-state index contributed by atoms with van der Waals surface area (Å²) < 4.78 is 33.4. The third-order valence-electron chi connectivity index (χ3n) is 21.0. The molecule has 5 heterocycles. The van der Waals surface area contributed by atoms with Crippen LogP contribution in [-0.4, -0.2) is 168 Å². The number of nitrogens with zero attached hydrogens (tertiary/aromatic N) is 7. The molecule has 4 saturated carbocycles. The van der Waals surface area contributed by atoms with E-state index in [2.05, 4.69) is 45.4 Å². The van der Waals surface area contributed by atoms with E-state index in [-0.39, 0.29) is 117 Å². The molecule has 12 rings (SSSR count). The number of carbonyl (C=O) groups is 9. The summed E-state index contributed by atoms with van der Waals surface area (Å²) in [5.74, 6) is -3.23. The number of hydrogen-bond donors (Lipinski definition) is 9. The first kappa shape index (κ1) is 78.5. The maximum Gasteiger partial charge on any atom is 0.409 e. The fourth-order valence-electron chi connectivity index (χ4n) is 17.1. The van der Waals surface area contributed by atoms with Gasteiger partial charge in [0.25, 0.3) is 17.7 Å². The van der Waals surface area contributed by atoms with Crippen LogP contribution in [0.4, 0.5) is 26.2 Å². The molecule has 4 aliphatic carbocycles. The molecule has 4 fully saturated rings. The van der Waals surface area contributed by atoms with Gasteiger partial charge in [0, 0.05) is 98.5 Å². The summed E-state index contributed by atoms with van der Waals surface area (Å²) in [5.41, 5.74) is 9.74. The fourth-order valence-corrected chi connectivity index (χ4v) is 18.5. The Kier molecular flexibility index (Phi) is 24.4. The number of thiazole rings is 1. The number of rotatable bonds is 35. The smallest absolute Gasteiger partial charge is 0.409 e. The van der Waals surface area contributed by atoms with Crippen LogP contribution < -0.4 is 42.0 Å². The number of aromatic carboxylic acids is 1. The molecule has 29 nitrogen and oxygen atoms in total. The van der Waals surface area contributed by atoms with Crippen molar-refractivity contribution in [3.05, 3.63) is 125 Å². The molecule has 4 bridgehead atoms. The number of nitrogens with two attached hydrogens (primary N) is 1. The zero-order chi connectivity index (χ0) is 76.6. The summed E-state index contributed by atoms with van der Waals surface area (Å²) in [7, 11) is -2.58. The Balaban J connectivity index is 0.684. The summed E-state index contributed by atoms with van der Waals surface area (Å²) in [6.45, 7) is 12.4. The SMILES string of the molecule is Cc1c(-c2ccc(N3CCc4c(OCCCP(=O)(O)O)ccc(C(=O)Nc5nc6ccccc6s5)c4C3)nc2C(=O)O)cnn1CC12CC3(C)CC(C)(C1)CC(OCCN(C)C(=O)OCc1ccc(NC(=O)[C@H](CCCCNC(N)=O)NC(=O)[C@@H](NC(=O)CCCCCN4C(=O)C=CC4=O)C(C)C)cc1)(C3)C2. The van der Waals surface area contributed by atoms with Crippen LogP contribution in [0.2, 0.25) is 0 Å². The van der Waals surface area contributed by atoms with Crippen molar-refractivity contribution in [2.75, 3.05) is 68.1 Å². The van der Waals surface area contributed by atoms with E-state index in [0.717, 1.165) is 64.9 Å². The van der Waals surface area contributed by atoms with Crippen molar-refractivity contribution in [3.8, 4) is 16.9 Å². The van der Waals surface area contributed by atoms with Crippen molar-refractivity contribution in [1.29, 1.82) is 0 Å². The monoisotopic (exact) mass is 1510 g/mol. The first-order chi connectivity index (χ1) is 50.9. The Morgan fingerprint density at radius 2 is 1.53 bits per heavy atom. The normalized spacial score (nSPS) is 20.6. The number of benzene rings is 3. The fraction of sp³-hybridized carbons (Fsp3) is 0.500. The molecule has 9 amide bonds. The molecule has 31 heteroatoms. The lowest BCUT2D eigenvalue weighted by atomic mass is 9.39. The highest BCUT2D eigenvalue weighted by molar-refractivity contribution is 7.51. The number of aromatic nitrogens is 4. The second-order valence-corrected chi connectivity index (χ2v) is 33.2. The standard InChI is InChI=1S/C76H96N13O16PS/c1-47(2)64(84-61(90)18-8-7-13-31-88-62(91)27-28-63(88)92)68(95)81-57(16-11-12-30-78-70(77)98)67(94)80-50-21-19-49(20-22-50)39-104-72(99)86(6)33-35-105-76-43-73(4)40-74(5,44-76)42-75(41-73,45-76)46-89-48(3)54(37-79-89)52-24-26-60(83-65(52)69(96)97)87-32-29-51-55(38-87)53(23-25-58(51)103-34-14-36-106(100,101)102)66(93)85-71-82-56-15-9-10-17-59(56)107-71/h9-10,15,17,19-28,37,47,57,64H,7-8,11-14,16,18,29-36,38-46H2,1-6H3,(H,80,94)(H,81,95)(H,84,90)(H,96,97)(H3,77,78,98)(H,82,85,93)(H2,100,101,102)/t57-,64-,73?,74?,75?,76?/m0/s1. The number of para-hydroxylation sites is 1. The van der Waals surface area contributed by atoms with Gasteiger partial charge in [0.2, 0.25) is 17.7 Å². The molecule has 107 heavy (non-hydrogen) atoms. The molecule has 3 aromatic carbocycles. The van der Waals surface area contributed by atoms with Gasteiger partial charge in [-0.3, -0.25) is 48.2 Å². The number of imide groups is 1. The van der Waals surface area contributed by atoms with Crippen molar-refractivity contribution < 1.29 is 76.8 Å². The van der Waals surface area contributed by atoms with E-state index in [1.54, 1.807) is 75.6 Å². The molecule has 572 valence electrons. The molecule has 0 spiro atoms. The Hall–Kier alpha value is -9.61. The van der Waals surface area contributed by atoms with E-state index >= 15 is 0 Å². The van der Waals surface area contributed by atoms with Crippen LogP contribution in [0.1, 0.15) is 161 Å². The zero-order valence-corrected chi connectivity index (χ0v) is 63.0. The minimum atomic E-state index is -4.24. The molecule has 0 radical (unpaired) electrons. The van der Waals surface area contributed by atoms with Gasteiger partial charge in [0.1, 0.15) is 30.3 Å². The van der Waals surface area contributed by atoms with Crippen LogP contribution in [-0.2, 0) is 64.1 Å². The minimum absolute atomic E-state index is 0.0302. The molecule has 0 saturated heterocycles. The molecule has 10 N–H and O–H groups in total. The van der Waals surface area contributed by atoms with Crippen LogP contribution in [0.3, 0.4) is 0 Å². The average molecular weight is 1510 g/mol. The molecular formula is C76H96N13O16PS. The number of primary amides is 1. The van der Waals surface area contributed by atoms with Crippen molar-refractivity contribution in [2.24, 2.45) is 27.9 Å². The summed E-state index contributed by atoms with van der Waals surface area (Å²) in [6, 6.07) is 18.5. The predicted octanol–water partition coefficient (Wildman–Crippen LogP) is 9.62. The van der Waals surface area contributed by atoms with Gasteiger partial charge in [-0.25, -0.2) is 24.4 Å². The quantitative estimate of drug-likeness (QED) is 0.0101. The first-order valence-electron chi connectivity index (χ1n) is 36.5. The van der Waals surface area contributed by atoms with Gasteiger partial charge in [-0.05, 0) is 172 Å². The number of unbranched alkanes of at least 4 members (excludes halogenated alkanes) is 3. The van der Waals surface area contributed by atoms with Crippen LogP contribution >= 0.6 is 18.9 Å². The Bertz CT molecular complexity index is 4370. The van der Waals surface area contributed by atoms with E-state index in [9.17, 15) is 62.6 Å². The molecule has 4 atom stereocenters. The largest absolute Gasteiger partial charge is 0.493 e. The second kappa shape index (κ2) is 33.3. The number of hydrogen-bond acceptors (Lipinski definition) is 18. The van der Waals surface area contributed by atoms with Gasteiger partial charge < -0.3 is 65.9 Å². The van der Waals surface area contributed by atoms with Gasteiger partial charge in [-0.15, -0.1) is 0 Å². The molecule has 6 aromatic rings. The van der Waals surface area contributed by atoms with Gasteiger partial charge in [-0.2, -0.15) is 5.10 Å². The average Bonchev–Trinajstić information content (AvgIpc) is 1.08. The number of carboxylic acid groups (broad SMARTS) is 1. The highest BCUT2D eigenvalue weighted by Gasteiger charge is 2.66. The van der Waals surface area contributed by atoms with Crippen molar-refractivity contribution in [2.45, 2.75) is 168 Å². The number of nitrogens with one attached hydrogen (secondary N) is 5. The second-order valence-electron chi connectivity index (χ2n) is 30.4. The predicted molar refractivity (Wildman–Crippen MR) is 400 cm³/mol. The van der Waals surface area contributed by atoms with Crippen molar-refractivity contribution in [1.82, 2.24) is 45.5 Å². The number of carbonyl (C=O) groups excluding carboxylic acids is 8. The summed E-state index contributed by atoms with van der Waals surface area (Å²) in [5, 5.41) is 30.2. The van der Waals surface area contributed by atoms with Gasteiger partial charge >= 0.3 is 25.7 Å². The van der Waals surface area contributed by atoms with Gasteiger partial charge in [0.15, 0.2) is 10.8 Å². The molecule has 2 aliphatic heterocycles. The number of urea groups is 1. The number of anilines is 3. The molecule has 3 aromatic heterocycles. The minimum Gasteiger partial charge on any atom is -0.493 e. The highest BCUT2D eigenvalue weighted by Crippen LogP contribution is 2.72. The topological polar surface area (TPSA) is 399 Å². The third kappa shape index (κ3) is 19.6. The highest BCUT2D eigenvalue weighted by atomic mass is 32.1. The van der Waals surface area contributed by atoms with Crippen LogP contribution in [0.25, 0.3) is 21.3 Å². The van der Waals surface area contributed by atoms with E-state index in [0.29, 0.717) is 102 Å². The zero-order valence-electron chi connectivity index (χ0n) is 61.3. The number of fused-ring (bicyclic) bond motifs is 2. The summed E-state index contributed by atoms with van der Waals surface area (Å²) in [4.78, 5) is 150. The van der Waals surface area contributed by atoms with E-state index in [1.807, 2.05) is 40.8 Å². The van der Waals surface area contributed by atoms with E-state index < -0.39 is 61.1 Å². The van der Waals surface area contributed by atoms with Crippen molar-refractivity contribution in [3.63, 3.8) is 0 Å². The van der Waals surface area contributed by atoms with Gasteiger partial charge in [0.05, 0.1) is 41.4 Å². The lowest BCUT2D eigenvalue weighted by Gasteiger charge is -2.69. The van der Waals surface area contributed by atoms with Crippen LogP contribution in [0, 0.1) is 29.1 Å². The Morgan fingerprint density at radius 1 is 0.794 bits per heavy atom. The van der Waals surface area contributed by atoms with Crippen LogP contribution in [0.15, 0.2) is 91.1 Å². The summed E-state index contributed by atoms with van der Waals surface area (Å²) >= 11 is 1.35. The number of pyridine rings is 1. The Labute approximate surface area is 624 Å². The van der Waals surface area contributed by atoms with E-state index in [4.69, 9.17) is 30.0 Å². The Morgan fingerprint density at radius 3 is 2.23 bits per heavy atom. The molecular weight excluding hydrogens is 1410 g/mol. The summed E-state index contributed by atoms with van der Waals surface area (Å²) in [6.07, 6.45) is 12.0. The molecule has 2 unspecified atom stereocenters. The first-order valence-corrected chi connectivity index (χ1v) is 39.1. The number of ether oxygens (including phenoxy) is 3. The number of likely N-dealkylation sites (N-methyl/N-ethyl adjacent to an activating group) is 1. The maximum atomic E-state index is 14.2. The lowest BCUT2D eigenvalue weighted by Crippen LogP contribution is -2.64. The van der Waals surface area contributed by atoms with Gasteiger partial charge in [-0.1, -0.05) is 69.7 Å². The number of carboxylic acids is 1. The number of amides is 9.